The van der Waals surface area contributed by atoms with Crippen molar-refractivity contribution in [3.8, 4) is 0 Å². The molecule has 0 bridgehead atoms. The van der Waals surface area contributed by atoms with E-state index in [0.29, 0.717) is 5.56 Å². The zero-order valence-corrected chi connectivity index (χ0v) is 19.1. The number of carbonyl (C=O) groups is 2. The van der Waals surface area contributed by atoms with Crippen LogP contribution >= 0.6 is 0 Å². The molecule has 166 valence electrons. The molecule has 0 spiro atoms. The first-order valence-electron chi connectivity index (χ1n) is 10.8. The number of carbonyl (C=O) groups excluding carboxylic acids is 2. The molecule has 0 fully saturated rings. The van der Waals surface area contributed by atoms with E-state index >= 15 is 0 Å². The van der Waals surface area contributed by atoms with Gasteiger partial charge in [0, 0.05) is 23.9 Å². The van der Waals surface area contributed by atoms with Crippen molar-refractivity contribution in [1.29, 1.82) is 0 Å². The minimum Gasteiger partial charge on any atom is -0.469 e. The molecule has 3 aromatic rings. The van der Waals surface area contributed by atoms with Gasteiger partial charge in [0.2, 0.25) is 0 Å². The lowest BCUT2D eigenvalue weighted by Gasteiger charge is -2.17. The lowest BCUT2D eigenvalue weighted by atomic mass is 9.89. The van der Waals surface area contributed by atoms with Gasteiger partial charge >= 0.3 is 5.97 Å². The van der Waals surface area contributed by atoms with Crippen molar-refractivity contribution in [3.63, 3.8) is 0 Å². The standard InChI is InChI=1S/C27H30N2O3/c1-18(2)24(27(31)32-4)17-25(30)22-9-6-10-23(16-22)29-26-15-21(11-12-28-26)14-20-8-5-7-19(3)13-20/h5-13,15-16,18,24H,14,17H2,1-4H3,(H,28,29)/t24-/m0/s1. The molecule has 0 aliphatic carbocycles. The number of aryl methyl sites for hydroxylation is 1. The minimum absolute atomic E-state index is 0.0213. The Labute approximate surface area is 189 Å². The van der Waals surface area contributed by atoms with Crippen molar-refractivity contribution in [2.45, 2.75) is 33.6 Å². The third kappa shape index (κ3) is 6.27. The number of pyridine rings is 1. The van der Waals surface area contributed by atoms with Gasteiger partial charge in [-0.3, -0.25) is 9.59 Å². The van der Waals surface area contributed by atoms with E-state index in [0.717, 1.165) is 23.5 Å². The molecular formula is C27H30N2O3. The van der Waals surface area contributed by atoms with Crippen molar-refractivity contribution in [2.24, 2.45) is 11.8 Å². The van der Waals surface area contributed by atoms with Gasteiger partial charge in [-0.1, -0.05) is 55.8 Å². The van der Waals surface area contributed by atoms with Gasteiger partial charge in [-0.05, 0) is 54.7 Å². The molecule has 0 unspecified atom stereocenters. The van der Waals surface area contributed by atoms with Crippen LogP contribution in [-0.2, 0) is 16.0 Å². The lowest BCUT2D eigenvalue weighted by Crippen LogP contribution is -2.24. The van der Waals surface area contributed by atoms with Crippen molar-refractivity contribution in [2.75, 3.05) is 12.4 Å². The number of hydrogen-bond donors (Lipinski definition) is 1. The predicted molar refractivity (Wildman–Crippen MR) is 127 cm³/mol. The summed E-state index contributed by atoms with van der Waals surface area (Å²) in [5, 5.41) is 3.29. The molecule has 5 nitrogen and oxygen atoms in total. The second-order valence-corrected chi connectivity index (χ2v) is 8.42. The Kier molecular flexibility index (Phi) is 7.77. The summed E-state index contributed by atoms with van der Waals surface area (Å²) in [5.74, 6) is -0.150. The molecule has 0 saturated heterocycles. The van der Waals surface area contributed by atoms with E-state index < -0.39 is 5.92 Å². The Hall–Kier alpha value is -3.47. The van der Waals surface area contributed by atoms with Crippen LogP contribution in [0.4, 0.5) is 11.5 Å². The van der Waals surface area contributed by atoms with Crippen LogP contribution < -0.4 is 5.32 Å². The molecule has 1 heterocycles. The number of nitrogens with one attached hydrogen (secondary N) is 1. The number of anilines is 2. The number of esters is 1. The first-order chi connectivity index (χ1) is 15.4. The fourth-order valence-electron chi connectivity index (χ4n) is 3.69. The maximum Gasteiger partial charge on any atom is 0.309 e. The van der Waals surface area contributed by atoms with Gasteiger partial charge in [-0.15, -0.1) is 0 Å². The normalized spacial score (nSPS) is 11.8. The summed E-state index contributed by atoms with van der Waals surface area (Å²) in [5.41, 5.74) is 4.97. The molecule has 0 radical (unpaired) electrons. The molecule has 1 N–H and O–H groups in total. The second kappa shape index (κ2) is 10.7. The largest absolute Gasteiger partial charge is 0.469 e. The SMILES string of the molecule is COC(=O)[C@@H](CC(=O)c1cccc(Nc2cc(Cc3cccc(C)c3)ccn2)c1)C(C)C. The second-order valence-electron chi connectivity index (χ2n) is 8.42. The summed E-state index contributed by atoms with van der Waals surface area (Å²) < 4.78 is 4.86. The molecule has 32 heavy (non-hydrogen) atoms. The average Bonchev–Trinajstić information content (AvgIpc) is 2.77. The zero-order valence-electron chi connectivity index (χ0n) is 19.1. The molecule has 2 aromatic carbocycles. The number of benzene rings is 2. The number of nitrogens with zero attached hydrogens (tertiary/aromatic N) is 1. The Morgan fingerprint density at radius 2 is 1.75 bits per heavy atom. The first kappa shape index (κ1) is 23.2. The van der Waals surface area contributed by atoms with Crippen LogP contribution in [0.1, 0.15) is 47.3 Å². The van der Waals surface area contributed by atoms with E-state index in [1.54, 1.807) is 18.3 Å². The Bertz CT molecular complexity index is 1090. The Balaban J connectivity index is 1.72. The van der Waals surface area contributed by atoms with Gasteiger partial charge in [0.15, 0.2) is 5.78 Å². The van der Waals surface area contributed by atoms with Crippen molar-refractivity contribution in [3.05, 3.63) is 89.1 Å². The van der Waals surface area contributed by atoms with E-state index in [1.165, 1.54) is 18.2 Å². The number of methoxy groups -OCH3 is 1. The molecule has 1 atom stereocenters. The van der Waals surface area contributed by atoms with Crippen LogP contribution in [0.2, 0.25) is 0 Å². The summed E-state index contributed by atoms with van der Waals surface area (Å²) in [6.45, 7) is 5.93. The quantitative estimate of drug-likeness (QED) is 0.346. The maximum atomic E-state index is 12.8. The van der Waals surface area contributed by atoms with E-state index in [4.69, 9.17) is 4.74 Å². The van der Waals surface area contributed by atoms with Gasteiger partial charge in [0.05, 0.1) is 13.0 Å². The Morgan fingerprint density at radius 3 is 2.47 bits per heavy atom. The van der Waals surface area contributed by atoms with E-state index in [9.17, 15) is 9.59 Å². The van der Waals surface area contributed by atoms with E-state index in [1.807, 2.05) is 38.1 Å². The topological polar surface area (TPSA) is 68.3 Å². The minimum atomic E-state index is -0.455. The predicted octanol–water partition coefficient (Wildman–Crippen LogP) is 5.74. The summed E-state index contributed by atoms with van der Waals surface area (Å²) in [4.78, 5) is 29.3. The van der Waals surface area contributed by atoms with Crippen LogP contribution in [0, 0.1) is 18.8 Å². The monoisotopic (exact) mass is 430 g/mol. The first-order valence-corrected chi connectivity index (χ1v) is 10.8. The highest BCUT2D eigenvalue weighted by Crippen LogP contribution is 2.23. The number of Topliss-reactive ketones (excluding diaryl/α,β-unsaturated/α-hetero) is 1. The van der Waals surface area contributed by atoms with Gasteiger partial charge in [0.25, 0.3) is 0 Å². The van der Waals surface area contributed by atoms with Crippen LogP contribution in [0.25, 0.3) is 0 Å². The molecule has 1 aromatic heterocycles. The molecule has 5 heteroatoms. The molecule has 0 saturated carbocycles. The number of rotatable bonds is 9. The van der Waals surface area contributed by atoms with Crippen molar-refractivity contribution >= 4 is 23.3 Å². The number of hydrogen-bond acceptors (Lipinski definition) is 5. The van der Waals surface area contributed by atoms with E-state index in [-0.39, 0.29) is 24.1 Å². The van der Waals surface area contributed by atoms with Crippen LogP contribution in [0.15, 0.2) is 66.9 Å². The van der Waals surface area contributed by atoms with Gasteiger partial charge in [0.1, 0.15) is 5.82 Å². The highest BCUT2D eigenvalue weighted by Gasteiger charge is 2.26. The molecular weight excluding hydrogens is 400 g/mol. The number of ether oxygens (including phenoxy) is 1. The van der Waals surface area contributed by atoms with Gasteiger partial charge in [-0.25, -0.2) is 4.98 Å². The third-order valence-corrected chi connectivity index (χ3v) is 5.49. The molecule has 3 rings (SSSR count). The van der Waals surface area contributed by atoms with Crippen LogP contribution in [-0.4, -0.2) is 23.8 Å². The fraction of sp³-hybridized carbons (Fsp3) is 0.296. The average molecular weight is 431 g/mol. The van der Waals surface area contributed by atoms with Gasteiger partial charge < -0.3 is 10.1 Å². The molecule has 0 aliphatic heterocycles. The summed E-state index contributed by atoms with van der Waals surface area (Å²) in [6, 6.07) is 19.8. The maximum absolute atomic E-state index is 12.8. The summed E-state index contributed by atoms with van der Waals surface area (Å²) in [6.07, 6.45) is 2.73. The summed E-state index contributed by atoms with van der Waals surface area (Å²) >= 11 is 0. The lowest BCUT2D eigenvalue weighted by molar-refractivity contribution is -0.146. The van der Waals surface area contributed by atoms with Crippen LogP contribution in [0.3, 0.4) is 0 Å². The Morgan fingerprint density at radius 1 is 1.00 bits per heavy atom. The third-order valence-electron chi connectivity index (χ3n) is 5.49. The highest BCUT2D eigenvalue weighted by atomic mass is 16.5. The van der Waals surface area contributed by atoms with Crippen molar-refractivity contribution < 1.29 is 14.3 Å². The van der Waals surface area contributed by atoms with Crippen molar-refractivity contribution in [1.82, 2.24) is 4.98 Å². The molecule has 0 aliphatic rings. The zero-order chi connectivity index (χ0) is 23.1. The van der Waals surface area contributed by atoms with Crippen LogP contribution in [0.5, 0.6) is 0 Å². The smallest absolute Gasteiger partial charge is 0.309 e. The fourth-order valence-corrected chi connectivity index (χ4v) is 3.69. The summed E-state index contributed by atoms with van der Waals surface area (Å²) in [7, 11) is 1.35. The number of ketones is 1. The van der Waals surface area contributed by atoms with Gasteiger partial charge in [-0.2, -0.15) is 0 Å². The molecule has 0 amide bonds. The number of aromatic nitrogens is 1. The van der Waals surface area contributed by atoms with E-state index in [2.05, 4.69) is 41.5 Å². The highest BCUT2D eigenvalue weighted by molar-refractivity contribution is 5.99.